The molecule has 1 saturated heterocycles. The third kappa shape index (κ3) is 3.49. The molecule has 0 unspecified atom stereocenters. The van der Waals surface area contributed by atoms with E-state index in [1.807, 2.05) is 18.2 Å². The Bertz CT molecular complexity index is 628. The molecule has 1 aromatic heterocycles. The normalized spacial score (nSPS) is 19.0. The van der Waals surface area contributed by atoms with Crippen LogP contribution >= 0.6 is 0 Å². The van der Waals surface area contributed by atoms with E-state index in [9.17, 15) is 4.79 Å². The van der Waals surface area contributed by atoms with E-state index in [-0.39, 0.29) is 0 Å². The largest absolute Gasteiger partial charge is 0.478 e. The maximum atomic E-state index is 10.9. The molecule has 0 spiro atoms. The lowest BCUT2D eigenvalue weighted by atomic mass is 9.94. The molecule has 1 aliphatic heterocycles. The van der Waals surface area contributed by atoms with Crippen molar-refractivity contribution in [1.82, 2.24) is 14.9 Å². The van der Waals surface area contributed by atoms with Crippen LogP contribution in [-0.4, -0.2) is 39.0 Å². The van der Waals surface area contributed by atoms with Crippen LogP contribution in [0.15, 0.2) is 42.9 Å². The van der Waals surface area contributed by atoms with Gasteiger partial charge in [0.15, 0.2) is 0 Å². The van der Waals surface area contributed by atoms with Gasteiger partial charge in [-0.1, -0.05) is 12.1 Å². The van der Waals surface area contributed by atoms with Gasteiger partial charge in [0.1, 0.15) is 6.33 Å². The van der Waals surface area contributed by atoms with E-state index in [4.69, 9.17) is 5.11 Å². The van der Waals surface area contributed by atoms with Gasteiger partial charge < -0.3 is 5.11 Å². The van der Waals surface area contributed by atoms with Gasteiger partial charge in [-0.05, 0) is 43.1 Å². The van der Waals surface area contributed by atoms with Gasteiger partial charge in [0.05, 0.1) is 5.56 Å². The highest BCUT2D eigenvalue weighted by atomic mass is 16.4. The highest BCUT2D eigenvalue weighted by Gasteiger charge is 2.22. The summed E-state index contributed by atoms with van der Waals surface area (Å²) in [6.45, 7) is 2.90. The molecular formula is C17H19N3O2. The lowest BCUT2D eigenvalue weighted by molar-refractivity contribution is 0.0697. The van der Waals surface area contributed by atoms with E-state index in [0.717, 1.165) is 43.7 Å². The molecule has 0 amide bonds. The van der Waals surface area contributed by atoms with Gasteiger partial charge in [-0.3, -0.25) is 4.90 Å². The molecule has 1 atom stereocenters. The minimum absolute atomic E-state index is 0.334. The van der Waals surface area contributed by atoms with Crippen LogP contribution in [0.2, 0.25) is 0 Å². The highest BCUT2D eigenvalue weighted by Crippen LogP contribution is 2.26. The van der Waals surface area contributed by atoms with Crippen LogP contribution in [0.5, 0.6) is 0 Å². The molecule has 2 aromatic rings. The minimum atomic E-state index is -0.881. The number of nitrogens with zero attached hydrogens (tertiary/aromatic N) is 3. The number of aromatic nitrogens is 2. The second-order valence-electron chi connectivity index (χ2n) is 5.71. The number of benzene rings is 1. The molecule has 0 aliphatic carbocycles. The quantitative estimate of drug-likeness (QED) is 0.939. The molecule has 0 saturated carbocycles. The van der Waals surface area contributed by atoms with Crippen molar-refractivity contribution in [1.29, 1.82) is 0 Å². The number of carboxylic acids is 1. The van der Waals surface area contributed by atoms with Gasteiger partial charge in [0.2, 0.25) is 0 Å². The van der Waals surface area contributed by atoms with Crippen molar-refractivity contribution >= 4 is 5.97 Å². The summed E-state index contributed by atoms with van der Waals surface area (Å²) < 4.78 is 0. The van der Waals surface area contributed by atoms with E-state index < -0.39 is 5.97 Å². The van der Waals surface area contributed by atoms with Crippen molar-refractivity contribution in [2.45, 2.75) is 25.3 Å². The average molecular weight is 297 g/mol. The van der Waals surface area contributed by atoms with Gasteiger partial charge in [-0.25, -0.2) is 14.8 Å². The Balaban J connectivity index is 1.64. The Hall–Kier alpha value is -2.27. The third-order valence-electron chi connectivity index (χ3n) is 4.14. The molecule has 1 fully saturated rings. The van der Waals surface area contributed by atoms with Crippen LogP contribution in [0.4, 0.5) is 0 Å². The summed E-state index contributed by atoms with van der Waals surface area (Å²) >= 11 is 0. The second-order valence-corrected chi connectivity index (χ2v) is 5.71. The summed E-state index contributed by atoms with van der Waals surface area (Å²) in [5.41, 5.74) is 2.59. The molecule has 114 valence electrons. The number of piperidine rings is 1. The number of aromatic carboxylic acids is 1. The summed E-state index contributed by atoms with van der Waals surface area (Å²) in [6, 6.07) is 9.14. The van der Waals surface area contributed by atoms with Gasteiger partial charge in [-0.15, -0.1) is 0 Å². The van der Waals surface area contributed by atoms with E-state index in [1.54, 1.807) is 24.7 Å². The predicted octanol–water partition coefficient (Wildman–Crippen LogP) is 2.55. The van der Waals surface area contributed by atoms with Crippen LogP contribution in [0.1, 0.15) is 40.4 Å². The van der Waals surface area contributed by atoms with Crippen molar-refractivity contribution < 1.29 is 9.90 Å². The number of hydrogen-bond donors (Lipinski definition) is 1. The molecule has 5 heteroatoms. The first-order chi connectivity index (χ1) is 10.7. The van der Waals surface area contributed by atoms with E-state index in [2.05, 4.69) is 14.9 Å². The second kappa shape index (κ2) is 6.66. The molecular weight excluding hydrogens is 278 g/mol. The molecule has 0 radical (unpaired) electrons. The van der Waals surface area contributed by atoms with Crippen LogP contribution in [0, 0.1) is 0 Å². The zero-order valence-corrected chi connectivity index (χ0v) is 12.4. The molecule has 1 aliphatic rings. The van der Waals surface area contributed by atoms with Crippen molar-refractivity contribution in [2.24, 2.45) is 0 Å². The number of carboxylic acid groups (broad SMARTS) is 1. The number of carbonyl (C=O) groups is 1. The van der Waals surface area contributed by atoms with E-state index in [1.165, 1.54) is 0 Å². The SMILES string of the molecule is O=C(O)c1ccc(CN2CCC[C@H](c3ccncn3)C2)cc1. The predicted molar refractivity (Wildman–Crippen MR) is 82.7 cm³/mol. The van der Waals surface area contributed by atoms with Gasteiger partial charge in [0, 0.05) is 30.9 Å². The van der Waals surface area contributed by atoms with Crippen LogP contribution in [-0.2, 0) is 6.54 Å². The first kappa shape index (κ1) is 14.7. The fourth-order valence-corrected chi connectivity index (χ4v) is 2.99. The summed E-state index contributed by atoms with van der Waals surface area (Å²) in [5, 5.41) is 8.94. The Morgan fingerprint density at radius 2 is 2.09 bits per heavy atom. The standard InChI is InChI=1S/C17H19N3O2/c21-17(22)14-5-3-13(4-6-14)10-20-9-1-2-15(11-20)16-7-8-18-12-19-16/h3-8,12,15H,1-2,9-11H2,(H,21,22)/t15-/m0/s1. The first-order valence-electron chi connectivity index (χ1n) is 7.53. The molecule has 5 nitrogen and oxygen atoms in total. The van der Waals surface area contributed by atoms with Gasteiger partial charge >= 0.3 is 5.97 Å². The summed E-state index contributed by atoms with van der Waals surface area (Å²) in [4.78, 5) is 21.6. The number of likely N-dealkylation sites (tertiary alicyclic amines) is 1. The minimum Gasteiger partial charge on any atom is -0.478 e. The zero-order chi connectivity index (χ0) is 15.4. The van der Waals surface area contributed by atoms with Gasteiger partial charge in [-0.2, -0.15) is 0 Å². The topological polar surface area (TPSA) is 66.3 Å². The molecule has 1 N–H and O–H groups in total. The molecule has 22 heavy (non-hydrogen) atoms. The number of rotatable bonds is 4. The zero-order valence-electron chi connectivity index (χ0n) is 12.4. The Kier molecular flexibility index (Phi) is 4.44. The third-order valence-corrected chi connectivity index (χ3v) is 4.14. The molecule has 2 heterocycles. The van der Waals surface area contributed by atoms with Crippen molar-refractivity contribution in [2.75, 3.05) is 13.1 Å². The summed E-state index contributed by atoms with van der Waals surface area (Å²) in [5.74, 6) is -0.427. The van der Waals surface area contributed by atoms with Crippen molar-refractivity contribution in [3.63, 3.8) is 0 Å². The number of hydrogen-bond acceptors (Lipinski definition) is 4. The molecule has 0 bridgehead atoms. The Morgan fingerprint density at radius 3 is 2.77 bits per heavy atom. The molecule has 1 aromatic carbocycles. The molecule has 3 rings (SSSR count). The maximum absolute atomic E-state index is 10.9. The Morgan fingerprint density at radius 1 is 1.27 bits per heavy atom. The monoisotopic (exact) mass is 297 g/mol. The van der Waals surface area contributed by atoms with Crippen molar-refractivity contribution in [3.05, 3.63) is 59.7 Å². The summed E-state index contributed by atoms with van der Waals surface area (Å²) in [6.07, 6.45) is 5.72. The van der Waals surface area contributed by atoms with E-state index >= 15 is 0 Å². The average Bonchev–Trinajstić information content (AvgIpc) is 2.56. The van der Waals surface area contributed by atoms with Crippen LogP contribution in [0.3, 0.4) is 0 Å². The summed E-state index contributed by atoms with van der Waals surface area (Å²) in [7, 11) is 0. The van der Waals surface area contributed by atoms with Crippen LogP contribution < -0.4 is 0 Å². The first-order valence-corrected chi connectivity index (χ1v) is 7.53. The Labute approximate surface area is 129 Å². The van der Waals surface area contributed by atoms with Gasteiger partial charge in [0.25, 0.3) is 0 Å². The smallest absolute Gasteiger partial charge is 0.335 e. The fraction of sp³-hybridized carbons (Fsp3) is 0.353. The lowest BCUT2D eigenvalue weighted by Crippen LogP contribution is -2.34. The van der Waals surface area contributed by atoms with Crippen LogP contribution in [0.25, 0.3) is 0 Å². The lowest BCUT2D eigenvalue weighted by Gasteiger charge is -2.32. The maximum Gasteiger partial charge on any atom is 0.335 e. The fourth-order valence-electron chi connectivity index (χ4n) is 2.99. The van der Waals surface area contributed by atoms with E-state index in [0.29, 0.717) is 11.5 Å². The van der Waals surface area contributed by atoms with Crippen molar-refractivity contribution in [3.8, 4) is 0 Å². The highest BCUT2D eigenvalue weighted by molar-refractivity contribution is 5.87.